The molecule has 1 unspecified atom stereocenters. The number of carbonyl (C=O) groups excluding carboxylic acids is 2. The second-order valence-electron chi connectivity index (χ2n) is 4.90. The Morgan fingerprint density at radius 3 is 2.95 bits per heavy atom. The van der Waals surface area contributed by atoms with Crippen LogP contribution in [0.3, 0.4) is 0 Å². The first-order valence-electron chi connectivity index (χ1n) is 6.65. The van der Waals surface area contributed by atoms with Crippen LogP contribution in [0.1, 0.15) is 6.42 Å². The van der Waals surface area contributed by atoms with E-state index in [2.05, 4.69) is 10.6 Å². The van der Waals surface area contributed by atoms with Crippen molar-refractivity contribution in [1.82, 2.24) is 5.32 Å². The van der Waals surface area contributed by atoms with Crippen molar-refractivity contribution in [3.8, 4) is 5.75 Å². The summed E-state index contributed by atoms with van der Waals surface area (Å²) < 4.78 is 10.5. The Balaban J connectivity index is 1.97. The molecule has 7 nitrogen and oxygen atoms in total. The zero-order valence-corrected chi connectivity index (χ0v) is 11.8. The quantitative estimate of drug-likeness (QED) is 0.701. The molecule has 1 aliphatic heterocycles. The smallest absolute Gasteiger partial charge is 0.257 e. The summed E-state index contributed by atoms with van der Waals surface area (Å²) in [5.74, 6) is -0.0259. The van der Waals surface area contributed by atoms with E-state index in [1.165, 1.54) is 7.05 Å². The third-order valence-corrected chi connectivity index (χ3v) is 3.25. The molecule has 2 rings (SSSR count). The normalized spacial score (nSPS) is 20.9. The summed E-state index contributed by atoms with van der Waals surface area (Å²) in [7, 11) is 1.53. The van der Waals surface area contributed by atoms with Crippen LogP contribution in [-0.4, -0.2) is 44.2 Å². The van der Waals surface area contributed by atoms with E-state index >= 15 is 0 Å². The van der Waals surface area contributed by atoms with Crippen molar-refractivity contribution < 1.29 is 19.1 Å². The third kappa shape index (κ3) is 3.93. The second-order valence-corrected chi connectivity index (χ2v) is 4.90. The van der Waals surface area contributed by atoms with E-state index in [0.717, 1.165) is 0 Å². The fraction of sp³-hybridized carbons (Fsp3) is 0.429. The van der Waals surface area contributed by atoms with Crippen LogP contribution in [-0.2, 0) is 14.3 Å². The van der Waals surface area contributed by atoms with Crippen molar-refractivity contribution in [2.75, 3.05) is 32.2 Å². The Hall–Kier alpha value is -2.12. The van der Waals surface area contributed by atoms with Gasteiger partial charge in [0.15, 0.2) is 6.61 Å². The first kappa shape index (κ1) is 15.3. The number of likely N-dealkylation sites (N-methyl/N-ethyl adjacent to an activating group) is 1. The summed E-state index contributed by atoms with van der Waals surface area (Å²) in [4.78, 5) is 23.3. The number of ether oxygens (including phenoxy) is 2. The van der Waals surface area contributed by atoms with E-state index in [1.54, 1.807) is 24.3 Å². The molecule has 114 valence electrons. The molecule has 1 aromatic rings. The number of hydrogen-bond acceptors (Lipinski definition) is 5. The highest BCUT2D eigenvalue weighted by Crippen LogP contribution is 2.21. The minimum atomic E-state index is -0.987. The molecule has 1 atom stereocenters. The lowest BCUT2D eigenvalue weighted by Gasteiger charge is -2.20. The lowest BCUT2D eigenvalue weighted by molar-refractivity contribution is -0.122. The Kier molecular flexibility index (Phi) is 4.77. The van der Waals surface area contributed by atoms with E-state index in [-0.39, 0.29) is 25.0 Å². The summed E-state index contributed by atoms with van der Waals surface area (Å²) in [6.07, 6.45) is 0.492. The van der Waals surface area contributed by atoms with Crippen molar-refractivity contribution >= 4 is 17.5 Å². The number of benzene rings is 1. The number of amides is 2. The number of carbonyl (C=O) groups is 2. The average molecular weight is 293 g/mol. The minimum Gasteiger partial charge on any atom is -0.484 e. The Labute approximate surface area is 122 Å². The van der Waals surface area contributed by atoms with Gasteiger partial charge in [0, 0.05) is 25.4 Å². The maximum atomic E-state index is 12.1. The van der Waals surface area contributed by atoms with Crippen molar-refractivity contribution in [3.63, 3.8) is 0 Å². The maximum Gasteiger partial charge on any atom is 0.257 e. The summed E-state index contributed by atoms with van der Waals surface area (Å²) in [6, 6.07) is 6.79. The molecule has 0 radical (unpaired) electrons. The summed E-state index contributed by atoms with van der Waals surface area (Å²) in [5, 5.41) is 5.20. The predicted octanol–water partition coefficient (Wildman–Crippen LogP) is -0.132. The van der Waals surface area contributed by atoms with Crippen molar-refractivity contribution in [2.24, 2.45) is 5.73 Å². The van der Waals surface area contributed by atoms with Gasteiger partial charge in [-0.2, -0.15) is 0 Å². The van der Waals surface area contributed by atoms with Gasteiger partial charge in [-0.1, -0.05) is 6.07 Å². The monoisotopic (exact) mass is 293 g/mol. The first-order chi connectivity index (χ1) is 10.0. The van der Waals surface area contributed by atoms with E-state index < -0.39 is 5.54 Å². The molecule has 1 saturated heterocycles. The van der Waals surface area contributed by atoms with Gasteiger partial charge in [0.25, 0.3) is 5.91 Å². The van der Waals surface area contributed by atoms with Crippen LogP contribution >= 0.6 is 0 Å². The van der Waals surface area contributed by atoms with Gasteiger partial charge < -0.3 is 25.8 Å². The third-order valence-electron chi connectivity index (χ3n) is 3.25. The number of nitrogens with one attached hydrogen (secondary N) is 2. The fourth-order valence-electron chi connectivity index (χ4n) is 1.90. The molecule has 0 bridgehead atoms. The first-order valence-corrected chi connectivity index (χ1v) is 6.65. The molecule has 0 aromatic heterocycles. The molecule has 0 saturated carbocycles. The standard InChI is InChI=1S/C14H19N3O4/c1-16-12(18)8-21-11-4-2-3-10(7-11)17-13(19)14(15)5-6-20-9-14/h2-4,7H,5-6,8-9,15H2,1H3,(H,16,18)(H,17,19). The summed E-state index contributed by atoms with van der Waals surface area (Å²) in [5.41, 5.74) is 5.56. The van der Waals surface area contributed by atoms with Crippen molar-refractivity contribution in [2.45, 2.75) is 12.0 Å². The van der Waals surface area contributed by atoms with Gasteiger partial charge in [-0.15, -0.1) is 0 Å². The van der Waals surface area contributed by atoms with Gasteiger partial charge >= 0.3 is 0 Å². The van der Waals surface area contributed by atoms with Crippen LogP contribution in [0.4, 0.5) is 5.69 Å². The van der Waals surface area contributed by atoms with Gasteiger partial charge in [0.1, 0.15) is 11.3 Å². The molecule has 0 aliphatic carbocycles. The molecule has 1 aromatic carbocycles. The minimum absolute atomic E-state index is 0.0808. The Morgan fingerprint density at radius 2 is 2.29 bits per heavy atom. The van der Waals surface area contributed by atoms with E-state index in [4.69, 9.17) is 15.2 Å². The van der Waals surface area contributed by atoms with Crippen molar-refractivity contribution in [1.29, 1.82) is 0 Å². The Morgan fingerprint density at radius 1 is 1.48 bits per heavy atom. The van der Waals surface area contributed by atoms with Gasteiger partial charge in [-0.05, 0) is 18.6 Å². The Bertz CT molecular complexity index is 527. The number of hydrogen-bond donors (Lipinski definition) is 3. The van der Waals surface area contributed by atoms with E-state index in [1.807, 2.05) is 0 Å². The number of nitrogens with two attached hydrogens (primary N) is 1. The van der Waals surface area contributed by atoms with Crippen molar-refractivity contribution in [3.05, 3.63) is 24.3 Å². The van der Waals surface area contributed by atoms with Crippen LogP contribution in [0.5, 0.6) is 5.75 Å². The zero-order valence-electron chi connectivity index (χ0n) is 11.8. The summed E-state index contributed by atoms with van der Waals surface area (Å²) in [6.45, 7) is 0.619. The average Bonchev–Trinajstić information content (AvgIpc) is 2.93. The lowest BCUT2D eigenvalue weighted by Crippen LogP contribution is -2.51. The molecule has 1 aliphatic rings. The topological polar surface area (TPSA) is 103 Å². The highest BCUT2D eigenvalue weighted by atomic mass is 16.5. The van der Waals surface area contributed by atoms with Crippen LogP contribution < -0.4 is 21.1 Å². The van der Waals surface area contributed by atoms with Crippen LogP contribution in [0.2, 0.25) is 0 Å². The molecule has 7 heteroatoms. The zero-order chi connectivity index (χ0) is 15.3. The van der Waals surface area contributed by atoms with Crippen LogP contribution in [0, 0.1) is 0 Å². The lowest BCUT2D eigenvalue weighted by atomic mass is 9.99. The maximum absolute atomic E-state index is 12.1. The van der Waals surface area contributed by atoms with E-state index in [0.29, 0.717) is 24.5 Å². The largest absolute Gasteiger partial charge is 0.484 e. The molecule has 1 heterocycles. The highest BCUT2D eigenvalue weighted by Gasteiger charge is 2.38. The van der Waals surface area contributed by atoms with Gasteiger partial charge in [-0.25, -0.2) is 0 Å². The SMILES string of the molecule is CNC(=O)COc1cccc(NC(=O)C2(N)CCOC2)c1. The van der Waals surface area contributed by atoms with E-state index in [9.17, 15) is 9.59 Å². The van der Waals surface area contributed by atoms with Crippen LogP contribution in [0.15, 0.2) is 24.3 Å². The molecular weight excluding hydrogens is 274 g/mol. The highest BCUT2D eigenvalue weighted by molar-refractivity contribution is 5.98. The number of rotatable bonds is 5. The predicted molar refractivity (Wildman–Crippen MR) is 77.0 cm³/mol. The molecule has 2 amide bonds. The van der Waals surface area contributed by atoms with Crippen LogP contribution in [0.25, 0.3) is 0 Å². The number of anilines is 1. The van der Waals surface area contributed by atoms with Gasteiger partial charge in [-0.3, -0.25) is 9.59 Å². The molecule has 1 fully saturated rings. The molecule has 21 heavy (non-hydrogen) atoms. The van der Waals surface area contributed by atoms with Gasteiger partial charge in [0.05, 0.1) is 6.61 Å². The molecular formula is C14H19N3O4. The van der Waals surface area contributed by atoms with Gasteiger partial charge in [0.2, 0.25) is 5.91 Å². The second kappa shape index (κ2) is 6.55. The summed E-state index contributed by atoms with van der Waals surface area (Å²) >= 11 is 0. The fourth-order valence-corrected chi connectivity index (χ4v) is 1.90. The molecule has 4 N–H and O–H groups in total. The molecule has 0 spiro atoms.